The summed E-state index contributed by atoms with van der Waals surface area (Å²) in [6.45, 7) is 5.88. The zero-order valence-electron chi connectivity index (χ0n) is 17.0. The number of likely N-dealkylation sites (tertiary alicyclic amines) is 1. The molecule has 1 amide bonds. The standard InChI is InChI=1S/C23H33NO3/c1-16-4-5-17(2)19(12-16)13-22(25)24-11-10-23(26-3)9-8-20(14-21(23)24)27-15-18-6-7-18/h4-5,12,18,20-21H,6-11,13-15H2,1-3H3/t20-,21-,23+/m0/s1. The Kier molecular flexibility index (Phi) is 5.30. The fraction of sp³-hybridized carbons (Fsp3) is 0.696. The maximum atomic E-state index is 13.2. The van der Waals surface area contributed by atoms with Gasteiger partial charge in [0, 0.05) is 20.3 Å². The van der Waals surface area contributed by atoms with Gasteiger partial charge in [-0.15, -0.1) is 0 Å². The molecule has 0 N–H and O–H groups in total. The van der Waals surface area contributed by atoms with Gasteiger partial charge in [0.2, 0.25) is 5.91 Å². The van der Waals surface area contributed by atoms with Gasteiger partial charge >= 0.3 is 0 Å². The van der Waals surface area contributed by atoms with Crippen molar-refractivity contribution in [2.24, 2.45) is 5.92 Å². The van der Waals surface area contributed by atoms with E-state index < -0.39 is 0 Å². The number of benzene rings is 1. The van der Waals surface area contributed by atoms with Crippen LogP contribution in [0.2, 0.25) is 0 Å². The Morgan fingerprint density at radius 2 is 2.04 bits per heavy atom. The summed E-state index contributed by atoms with van der Waals surface area (Å²) in [7, 11) is 1.82. The first-order valence-electron chi connectivity index (χ1n) is 10.5. The van der Waals surface area contributed by atoms with Gasteiger partial charge in [0.15, 0.2) is 0 Å². The first-order chi connectivity index (χ1) is 13.0. The number of carbonyl (C=O) groups is 1. The van der Waals surface area contributed by atoms with Crippen LogP contribution in [0.25, 0.3) is 0 Å². The summed E-state index contributed by atoms with van der Waals surface area (Å²) in [6, 6.07) is 6.52. The van der Waals surface area contributed by atoms with Gasteiger partial charge in [0.05, 0.1) is 24.2 Å². The molecule has 4 nitrogen and oxygen atoms in total. The molecule has 1 aromatic carbocycles. The predicted octanol–water partition coefficient (Wildman–Crippen LogP) is 3.81. The second-order valence-corrected chi connectivity index (χ2v) is 8.90. The Morgan fingerprint density at radius 3 is 2.78 bits per heavy atom. The number of carbonyl (C=O) groups excluding carboxylic acids is 1. The molecule has 2 saturated carbocycles. The molecule has 0 radical (unpaired) electrons. The first-order valence-corrected chi connectivity index (χ1v) is 10.5. The summed E-state index contributed by atoms with van der Waals surface area (Å²) in [4.78, 5) is 15.3. The van der Waals surface area contributed by atoms with Crippen molar-refractivity contribution < 1.29 is 14.3 Å². The van der Waals surface area contributed by atoms with E-state index in [1.807, 2.05) is 7.11 Å². The molecule has 1 aliphatic heterocycles. The molecule has 1 saturated heterocycles. The van der Waals surface area contributed by atoms with E-state index in [4.69, 9.17) is 9.47 Å². The van der Waals surface area contributed by atoms with Crippen LogP contribution >= 0.6 is 0 Å². The lowest BCUT2D eigenvalue weighted by atomic mass is 9.79. The van der Waals surface area contributed by atoms with E-state index in [2.05, 4.69) is 36.9 Å². The Labute approximate surface area is 163 Å². The molecular formula is C23H33NO3. The van der Waals surface area contributed by atoms with Gasteiger partial charge in [-0.2, -0.15) is 0 Å². The maximum Gasteiger partial charge on any atom is 0.227 e. The van der Waals surface area contributed by atoms with E-state index in [-0.39, 0.29) is 23.7 Å². The van der Waals surface area contributed by atoms with Crippen LogP contribution in [0.5, 0.6) is 0 Å². The number of aryl methyl sites for hydroxylation is 2. The third kappa shape index (κ3) is 3.93. The van der Waals surface area contributed by atoms with Crippen molar-refractivity contribution in [3.8, 4) is 0 Å². The fourth-order valence-electron chi connectivity index (χ4n) is 4.92. The van der Waals surface area contributed by atoms with Crippen LogP contribution in [-0.4, -0.2) is 48.8 Å². The molecule has 0 unspecified atom stereocenters. The van der Waals surface area contributed by atoms with Gasteiger partial charge in [0.25, 0.3) is 0 Å². The molecule has 3 aliphatic rings. The molecule has 4 heteroatoms. The number of methoxy groups -OCH3 is 1. The number of rotatable bonds is 6. The van der Waals surface area contributed by atoms with Gasteiger partial charge in [-0.25, -0.2) is 0 Å². The third-order valence-electron chi connectivity index (χ3n) is 6.97. The summed E-state index contributed by atoms with van der Waals surface area (Å²) >= 11 is 0. The van der Waals surface area contributed by atoms with E-state index in [1.165, 1.54) is 24.0 Å². The number of hydrogen-bond donors (Lipinski definition) is 0. The third-order valence-corrected chi connectivity index (χ3v) is 6.97. The van der Waals surface area contributed by atoms with Crippen LogP contribution in [-0.2, 0) is 20.7 Å². The number of hydrogen-bond acceptors (Lipinski definition) is 3. The highest BCUT2D eigenvalue weighted by Crippen LogP contribution is 2.44. The van der Waals surface area contributed by atoms with E-state index in [0.29, 0.717) is 6.42 Å². The lowest BCUT2D eigenvalue weighted by Gasteiger charge is -2.43. The van der Waals surface area contributed by atoms with Crippen molar-refractivity contribution >= 4 is 5.91 Å². The smallest absolute Gasteiger partial charge is 0.227 e. The molecule has 148 valence electrons. The SMILES string of the molecule is CO[C@@]12CC[C@H](OCC3CC3)C[C@@H]1N(C(=O)Cc1cc(C)ccc1C)CC2. The summed E-state index contributed by atoms with van der Waals surface area (Å²) in [6.07, 6.45) is 7.30. The normalized spacial score (nSPS) is 30.4. The van der Waals surface area contributed by atoms with Crippen LogP contribution in [0.3, 0.4) is 0 Å². The second-order valence-electron chi connectivity index (χ2n) is 8.90. The predicted molar refractivity (Wildman–Crippen MR) is 106 cm³/mol. The van der Waals surface area contributed by atoms with E-state index >= 15 is 0 Å². The average molecular weight is 372 g/mol. The minimum absolute atomic E-state index is 0.151. The van der Waals surface area contributed by atoms with Crippen LogP contribution in [0, 0.1) is 19.8 Å². The maximum absolute atomic E-state index is 13.2. The highest BCUT2D eigenvalue weighted by molar-refractivity contribution is 5.80. The van der Waals surface area contributed by atoms with E-state index in [9.17, 15) is 4.79 Å². The molecule has 0 bridgehead atoms. The van der Waals surface area contributed by atoms with Gasteiger partial charge in [0.1, 0.15) is 0 Å². The topological polar surface area (TPSA) is 38.8 Å². The van der Waals surface area contributed by atoms with Gasteiger partial charge in [-0.1, -0.05) is 23.8 Å². The minimum atomic E-state index is -0.170. The number of amides is 1. The minimum Gasteiger partial charge on any atom is -0.378 e. The zero-order chi connectivity index (χ0) is 19.0. The molecule has 4 rings (SSSR count). The van der Waals surface area contributed by atoms with Gasteiger partial charge < -0.3 is 14.4 Å². The highest BCUT2D eigenvalue weighted by Gasteiger charge is 2.52. The van der Waals surface area contributed by atoms with Crippen LogP contribution < -0.4 is 0 Å². The molecule has 0 aromatic heterocycles. The molecular weight excluding hydrogens is 338 g/mol. The molecule has 1 heterocycles. The molecule has 27 heavy (non-hydrogen) atoms. The molecule has 2 aliphatic carbocycles. The van der Waals surface area contributed by atoms with Crippen LogP contribution in [0.15, 0.2) is 18.2 Å². The van der Waals surface area contributed by atoms with Gasteiger partial charge in [-0.3, -0.25) is 4.79 Å². The van der Waals surface area contributed by atoms with Gasteiger partial charge in [-0.05, 0) is 69.4 Å². The van der Waals surface area contributed by atoms with Crippen molar-refractivity contribution in [3.63, 3.8) is 0 Å². The molecule has 0 spiro atoms. The first kappa shape index (κ1) is 18.9. The largest absolute Gasteiger partial charge is 0.378 e. The van der Waals surface area contributed by atoms with Crippen LogP contribution in [0.4, 0.5) is 0 Å². The average Bonchev–Trinajstić information content (AvgIpc) is 3.41. The summed E-state index contributed by atoms with van der Waals surface area (Å²) in [5.41, 5.74) is 3.38. The summed E-state index contributed by atoms with van der Waals surface area (Å²) < 4.78 is 12.2. The quantitative estimate of drug-likeness (QED) is 0.763. The molecule has 3 atom stereocenters. The number of nitrogens with zero attached hydrogens (tertiary/aromatic N) is 1. The second kappa shape index (κ2) is 7.56. The number of ether oxygens (including phenoxy) is 2. The zero-order valence-corrected chi connectivity index (χ0v) is 17.0. The lowest BCUT2D eigenvalue weighted by Crippen LogP contribution is -2.53. The van der Waals surface area contributed by atoms with E-state index in [0.717, 1.165) is 50.3 Å². The molecule has 3 fully saturated rings. The monoisotopic (exact) mass is 371 g/mol. The fourth-order valence-corrected chi connectivity index (χ4v) is 4.92. The lowest BCUT2D eigenvalue weighted by molar-refractivity contribution is -0.141. The summed E-state index contributed by atoms with van der Waals surface area (Å²) in [5.74, 6) is 1.01. The Morgan fingerprint density at radius 1 is 1.22 bits per heavy atom. The van der Waals surface area contributed by atoms with Crippen LogP contribution in [0.1, 0.15) is 55.2 Å². The summed E-state index contributed by atoms with van der Waals surface area (Å²) in [5, 5.41) is 0. The number of fused-ring (bicyclic) bond motifs is 1. The van der Waals surface area contributed by atoms with Crippen molar-refractivity contribution in [2.45, 2.75) is 76.5 Å². The Bertz CT molecular complexity index is 699. The van der Waals surface area contributed by atoms with E-state index in [1.54, 1.807) is 0 Å². The van der Waals surface area contributed by atoms with Crippen molar-refractivity contribution in [2.75, 3.05) is 20.3 Å². The highest BCUT2D eigenvalue weighted by atomic mass is 16.5. The molecule has 1 aromatic rings. The van der Waals surface area contributed by atoms with Crippen molar-refractivity contribution in [3.05, 3.63) is 34.9 Å². The van der Waals surface area contributed by atoms with Crippen molar-refractivity contribution in [1.82, 2.24) is 4.90 Å². The Balaban J connectivity index is 1.46. The Hall–Kier alpha value is -1.39. The van der Waals surface area contributed by atoms with Crippen molar-refractivity contribution in [1.29, 1.82) is 0 Å².